The minimum absolute atomic E-state index is 0.198. The maximum atomic E-state index is 11.5. The SMILES string of the molecule is C[C@@H](NC(=O)CCCCCNC(=O)OCc1ccccc1)C(N)=O. The van der Waals surface area contributed by atoms with Crippen molar-refractivity contribution >= 4 is 17.9 Å². The number of ether oxygens (including phenoxy) is 1. The Hall–Kier alpha value is -2.57. The van der Waals surface area contributed by atoms with Crippen LogP contribution in [0.1, 0.15) is 38.2 Å². The Morgan fingerprint density at radius 3 is 2.50 bits per heavy atom. The Labute approximate surface area is 141 Å². The number of hydrogen-bond donors (Lipinski definition) is 3. The van der Waals surface area contributed by atoms with E-state index in [1.165, 1.54) is 0 Å². The van der Waals surface area contributed by atoms with Gasteiger partial charge in [0.1, 0.15) is 12.6 Å². The number of rotatable bonds is 10. The molecule has 1 atom stereocenters. The molecule has 1 rings (SSSR count). The van der Waals surface area contributed by atoms with Crippen LogP contribution in [-0.4, -0.2) is 30.5 Å². The molecule has 1 aromatic carbocycles. The van der Waals surface area contributed by atoms with Gasteiger partial charge >= 0.3 is 6.09 Å². The molecule has 3 amide bonds. The number of nitrogens with one attached hydrogen (secondary N) is 2. The molecular weight excluding hydrogens is 310 g/mol. The van der Waals surface area contributed by atoms with Gasteiger partial charge in [0.2, 0.25) is 11.8 Å². The number of nitrogens with two attached hydrogens (primary N) is 1. The first kappa shape index (κ1) is 19.5. The van der Waals surface area contributed by atoms with Crippen LogP contribution in [0.4, 0.5) is 4.79 Å². The van der Waals surface area contributed by atoms with Crippen molar-refractivity contribution in [1.82, 2.24) is 10.6 Å². The molecule has 0 radical (unpaired) electrons. The van der Waals surface area contributed by atoms with Gasteiger partial charge in [-0.15, -0.1) is 0 Å². The second-order valence-electron chi connectivity index (χ2n) is 5.49. The first-order chi connectivity index (χ1) is 11.5. The number of carbonyl (C=O) groups is 3. The minimum Gasteiger partial charge on any atom is -0.445 e. The first-order valence-electron chi connectivity index (χ1n) is 8.02. The summed E-state index contributed by atoms with van der Waals surface area (Å²) in [5.41, 5.74) is 6.00. The quantitative estimate of drug-likeness (QED) is 0.562. The third kappa shape index (κ3) is 8.77. The average Bonchev–Trinajstić information content (AvgIpc) is 2.56. The van der Waals surface area contributed by atoms with Crippen LogP contribution in [0.2, 0.25) is 0 Å². The van der Waals surface area contributed by atoms with Crippen molar-refractivity contribution in [3.05, 3.63) is 35.9 Å². The summed E-state index contributed by atoms with van der Waals surface area (Å²) < 4.78 is 5.08. The van der Waals surface area contributed by atoms with E-state index in [1.807, 2.05) is 30.3 Å². The Kier molecular flexibility index (Phi) is 8.96. The summed E-state index contributed by atoms with van der Waals surface area (Å²) in [4.78, 5) is 33.8. The predicted octanol–water partition coefficient (Wildman–Crippen LogP) is 1.46. The zero-order valence-corrected chi connectivity index (χ0v) is 13.9. The molecule has 0 aliphatic rings. The average molecular weight is 335 g/mol. The second-order valence-corrected chi connectivity index (χ2v) is 5.49. The molecule has 7 nitrogen and oxygen atoms in total. The lowest BCUT2D eigenvalue weighted by atomic mass is 10.2. The van der Waals surface area contributed by atoms with Crippen LogP contribution in [0, 0.1) is 0 Å². The third-order valence-electron chi connectivity index (χ3n) is 3.37. The van der Waals surface area contributed by atoms with Gasteiger partial charge in [0.25, 0.3) is 0 Å². The van der Waals surface area contributed by atoms with Gasteiger partial charge in [0.15, 0.2) is 0 Å². The molecule has 0 fully saturated rings. The van der Waals surface area contributed by atoms with E-state index in [1.54, 1.807) is 6.92 Å². The number of hydrogen-bond acceptors (Lipinski definition) is 4. The number of benzene rings is 1. The molecule has 0 saturated carbocycles. The summed E-state index contributed by atoms with van der Waals surface area (Å²) in [6, 6.07) is 8.79. The van der Waals surface area contributed by atoms with Crippen molar-refractivity contribution in [2.75, 3.05) is 6.54 Å². The fourth-order valence-corrected chi connectivity index (χ4v) is 1.94. The van der Waals surface area contributed by atoms with E-state index in [2.05, 4.69) is 10.6 Å². The van der Waals surface area contributed by atoms with E-state index in [0.29, 0.717) is 19.4 Å². The van der Waals surface area contributed by atoms with Crippen molar-refractivity contribution in [1.29, 1.82) is 0 Å². The first-order valence-corrected chi connectivity index (χ1v) is 8.02. The molecule has 0 aromatic heterocycles. The van der Waals surface area contributed by atoms with E-state index in [9.17, 15) is 14.4 Å². The zero-order valence-electron chi connectivity index (χ0n) is 13.9. The fraction of sp³-hybridized carbons (Fsp3) is 0.471. The van der Waals surface area contributed by atoms with Crippen LogP contribution < -0.4 is 16.4 Å². The molecule has 7 heteroatoms. The Balaban J connectivity index is 2.00. The second kappa shape index (κ2) is 11.0. The summed E-state index contributed by atoms with van der Waals surface area (Å²) in [6.07, 6.45) is 2.09. The van der Waals surface area contributed by atoms with E-state index in [0.717, 1.165) is 18.4 Å². The molecule has 1 aromatic rings. The van der Waals surface area contributed by atoms with Crippen molar-refractivity contribution < 1.29 is 19.1 Å². The van der Waals surface area contributed by atoms with Crippen molar-refractivity contribution in [3.63, 3.8) is 0 Å². The van der Waals surface area contributed by atoms with Gasteiger partial charge < -0.3 is 21.1 Å². The van der Waals surface area contributed by atoms with Crippen molar-refractivity contribution in [2.24, 2.45) is 5.73 Å². The van der Waals surface area contributed by atoms with Gasteiger partial charge in [0, 0.05) is 13.0 Å². The number of carbonyl (C=O) groups excluding carboxylic acids is 3. The maximum Gasteiger partial charge on any atom is 0.407 e. The molecule has 24 heavy (non-hydrogen) atoms. The maximum absolute atomic E-state index is 11.5. The molecule has 0 bridgehead atoms. The molecule has 0 aliphatic heterocycles. The van der Waals surface area contributed by atoms with E-state index in [-0.39, 0.29) is 12.5 Å². The molecule has 0 aliphatic carbocycles. The molecule has 0 saturated heterocycles. The fourth-order valence-electron chi connectivity index (χ4n) is 1.94. The summed E-state index contributed by atoms with van der Waals surface area (Å²) in [7, 11) is 0. The lowest BCUT2D eigenvalue weighted by Crippen LogP contribution is -2.42. The summed E-state index contributed by atoms with van der Waals surface area (Å²) in [5.74, 6) is -0.752. The van der Waals surface area contributed by atoms with E-state index >= 15 is 0 Å². The lowest BCUT2D eigenvalue weighted by molar-refractivity contribution is -0.127. The smallest absolute Gasteiger partial charge is 0.407 e. The Morgan fingerprint density at radius 2 is 1.83 bits per heavy atom. The zero-order chi connectivity index (χ0) is 17.8. The van der Waals surface area contributed by atoms with Gasteiger partial charge in [-0.1, -0.05) is 36.8 Å². The van der Waals surface area contributed by atoms with Crippen LogP contribution in [-0.2, 0) is 20.9 Å². The van der Waals surface area contributed by atoms with Crippen LogP contribution in [0.5, 0.6) is 0 Å². The Morgan fingerprint density at radius 1 is 1.12 bits per heavy atom. The molecule has 0 spiro atoms. The molecule has 0 unspecified atom stereocenters. The minimum atomic E-state index is -0.654. The monoisotopic (exact) mass is 335 g/mol. The van der Waals surface area contributed by atoms with Gasteiger partial charge in [-0.3, -0.25) is 9.59 Å². The molecule has 132 valence electrons. The van der Waals surface area contributed by atoms with Crippen LogP contribution >= 0.6 is 0 Å². The normalized spacial score (nSPS) is 11.4. The highest BCUT2D eigenvalue weighted by Gasteiger charge is 2.11. The number of unbranched alkanes of at least 4 members (excludes halogenated alkanes) is 2. The number of amides is 3. The predicted molar refractivity (Wildman–Crippen MR) is 89.9 cm³/mol. The van der Waals surface area contributed by atoms with Gasteiger partial charge in [-0.2, -0.15) is 0 Å². The summed E-state index contributed by atoms with van der Waals surface area (Å²) in [6.45, 7) is 2.28. The number of primary amides is 1. The largest absolute Gasteiger partial charge is 0.445 e. The molecule has 4 N–H and O–H groups in total. The third-order valence-corrected chi connectivity index (χ3v) is 3.37. The summed E-state index contributed by atoms with van der Waals surface area (Å²) in [5, 5.41) is 5.18. The van der Waals surface area contributed by atoms with Crippen molar-refractivity contribution in [2.45, 2.75) is 45.3 Å². The Bertz CT molecular complexity index is 534. The standard InChI is InChI=1S/C17H25N3O4/c1-13(16(18)22)20-15(21)10-6-3-7-11-19-17(23)24-12-14-8-4-2-5-9-14/h2,4-5,8-9,13H,3,6-7,10-12H2,1H3,(H2,18,22)(H,19,23)(H,20,21)/t13-/m1/s1. The van der Waals surface area contributed by atoms with Gasteiger partial charge in [0.05, 0.1) is 0 Å². The molecular formula is C17H25N3O4. The number of alkyl carbamates (subject to hydrolysis) is 1. The topological polar surface area (TPSA) is 111 Å². The van der Waals surface area contributed by atoms with E-state index in [4.69, 9.17) is 10.5 Å². The highest BCUT2D eigenvalue weighted by atomic mass is 16.5. The highest BCUT2D eigenvalue weighted by Crippen LogP contribution is 2.02. The van der Waals surface area contributed by atoms with Crippen LogP contribution in [0.25, 0.3) is 0 Å². The van der Waals surface area contributed by atoms with Crippen LogP contribution in [0.3, 0.4) is 0 Å². The van der Waals surface area contributed by atoms with Gasteiger partial charge in [-0.25, -0.2) is 4.79 Å². The van der Waals surface area contributed by atoms with E-state index < -0.39 is 18.0 Å². The lowest BCUT2D eigenvalue weighted by Gasteiger charge is -2.10. The van der Waals surface area contributed by atoms with Crippen LogP contribution in [0.15, 0.2) is 30.3 Å². The summed E-state index contributed by atoms with van der Waals surface area (Å²) >= 11 is 0. The van der Waals surface area contributed by atoms with Crippen molar-refractivity contribution in [3.8, 4) is 0 Å². The van der Waals surface area contributed by atoms with Gasteiger partial charge in [-0.05, 0) is 25.3 Å². The molecule has 0 heterocycles. The highest BCUT2D eigenvalue weighted by molar-refractivity contribution is 5.86.